The summed E-state index contributed by atoms with van der Waals surface area (Å²) in [6.45, 7) is 1.83. The number of benzene rings is 1. The molecule has 1 N–H and O–H groups in total. The first kappa shape index (κ1) is 19.7. The molecular formula is C16H20ClNO6S. The predicted molar refractivity (Wildman–Crippen MR) is 90.9 cm³/mol. The molecule has 1 aromatic rings. The lowest BCUT2D eigenvalue weighted by molar-refractivity contribution is -0.150. The third-order valence-electron chi connectivity index (χ3n) is 4.10. The molecule has 0 aliphatic heterocycles. The van der Waals surface area contributed by atoms with Gasteiger partial charge in [0.1, 0.15) is 10.4 Å². The monoisotopic (exact) mass is 389 g/mol. The average molecular weight is 390 g/mol. The Morgan fingerprint density at radius 3 is 2.44 bits per heavy atom. The van der Waals surface area contributed by atoms with Crippen LogP contribution in [-0.4, -0.2) is 39.6 Å². The summed E-state index contributed by atoms with van der Waals surface area (Å²) in [4.78, 5) is 23.6. The number of hydrogen-bond acceptors (Lipinski definition) is 6. The number of nitrogens with one attached hydrogen (secondary N) is 1. The first-order chi connectivity index (χ1) is 11.8. The molecule has 0 aromatic heterocycles. The fourth-order valence-electron chi connectivity index (χ4n) is 2.87. The molecule has 2 rings (SSSR count). The maximum absolute atomic E-state index is 12.8. The van der Waals surface area contributed by atoms with Crippen LogP contribution in [0.15, 0.2) is 23.1 Å². The average Bonchev–Trinajstić information content (AvgIpc) is 3.03. The fraction of sp³-hybridized carbons (Fsp3) is 0.500. The fourth-order valence-corrected chi connectivity index (χ4v) is 4.83. The van der Waals surface area contributed by atoms with Gasteiger partial charge in [0.2, 0.25) is 10.0 Å². The highest BCUT2D eigenvalue weighted by Crippen LogP contribution is 2.33. The van der Waals surface area contributed by atoms with Crippen LogP contribution in [-0.2, 0) is 24.3 Å². The zero-order chi connectivity index (χ0) is 18.7. The van der Waals surface area contributed by atoms with Crippen LogP contribution in [0.3, 0.4) is 0 Å². The van der Waals surface area contributed by atoms with Crippen molar-refractivity contribution in [1.29, 1.82) is 0 Å². The number of sulfonamides is 1. The van der Waals surface area contributed by atoms with E-state index in [4.69, 9.17) is 16.3 Å². The molecule has 0 atom stereocenters. The number of esters is 2. The topological polar surface area (TPSA) is 98.8 Å². The smallest absolute Gasteiger partial charge is 0.337 e. The van der Waals surface area contributed by atoms with Crippen molar-refractivity contribution in [3.63, 3.8) is 0 Å². The largest absolute Gasteiger partial charge is 0.465 e. The van der Waals surface area contributed by atoms with Crippen LogP contribution in [0.1, 0.15) is 43.0 Å². The minimum atomic E-state index is -4.08. The molecule has 1 aromatic carbocycles. The van der Waals surface area contributed by atoms with E-state index in [9.17, 15) is 18.0 Å². The molecule has 9 heteroatoms. The van der Waals surface area contributed by atoms with Gasteiger partial charge in [0.15, 0.2) is 0 Å². The van der Waals surface area contributed by atoms with E-state index in [2.05, 4.69) is 9.46 Å². The van der Waals surface area contributed by atoms with Crippen LogP contribution >= 0.6 is 11.6 Å². The van der Waals surface area contributed by atoms with Crippen molar-refractivity contribution in [1.82, 2.24) is 4.72 Å². The second-order valence-corrected chi connectivity index (χ2v) is 7.81. The van der Waals surface area contributed by atoms with Crippen LogP contribution in [0.2, 0.25) is 5.02 Å². The zero-order valence-corrected chi connectivity index (χ0v) is 15.6. The molecule has 0 amide bonds. The quantitative estimate of drug-likeness (QED) is 0.749. The van der Waals surface area contributed by atoms with Gasteiger partial charge in [-0.3, -0.25) is 4.79 Å². The van der Waals surface area contributed by atoms with Crippen molar-refractivity contribution in [2.24, 2.45) is 0 Å². The Morgan fingerprint density at radius 1 is 1.28 bits per heavy atom. The Labute approximate surface area is 151 Å². The first-order valence-electron chi connectivity index (χ1n) is 7.85. The summed E-state index contributed by atoms with van der Waals surface area (Å²) in [6, 6.07) is 3.73. The van der Waals surface area contributed by atoms with Crippen molar-refractivity contribution in [3.8, 4) is 0 Å². The second-order valence-electron chi connectivity index (χ2n) is 5.75. The standard InChI is InChI=1S/C16H20ClNO6S/c1-3-24-15(20)16(8-4-5-9-16)18-25(21,22)13-7-6-11(10-12(13)17)14(19)23-2/h6-7,10,18H,3-5,8-9H2,1-2H3. The maximum Gasteiger partial charge on any atom is 0.337 e. The molecule has 0 heterocycles. The van der Waals surface area contributed by atoms with Crippen molar-refractivity contribution >= 4 is 33.6 Å². The summed E-state index contributed by atoms with van der Waals surface area (Å²) in [7, 11) is -2.87. The van der Waals surface area contributed by atoms with Crippen molar-refractivity contribution in [2.75, 3.05) is 13.7 Å². The van der Waals surface area contributed by atoms with Gasteiger partial charge in [0, 0.05) is 0 Å². The summed E-state index contributed by atoms with van der Waals surface area (Å²) >= 11 is 6.04. The predicted octanol–water partition coefficient (Wildman–Crippen LogP) is 2.28. The van der Waals surface area contributed by atoms with Gasteiger partial charge in [-0.2, -0.15) is 4.72 Å². The Hall–Kier alpha value is -1.64. The lowest BCUT2D eigenvalue weighted by Crippen LogP contribution is -2.53. The molecule has 1 saturated carbocycles. The first-order valence-corrected chi connectivity index (χ1v) is 9.71. The molecule has 1 fully saturated rings. The molecule has 0 spiro atoms. The van der Waals surface area contributed by atoms with E-state index in [-0.39, 0.29) is 22.1 Å². The number of hydrogen-bond donors (Lipinski definition) is 1. The summed E-state index contributed by atoms with van der Waals surface area (Å²) in [6.07, 6.45) is 2.17. The Bertz CT molecular complexity index is 771. The highest BCUT2D eigenvalue weighted by atomic mass is 35.5. The Morgan fingerprint density at radius 2 is 1.92 bits per heavy atom. The normalized spacial score (nSPS) is 16.4. The minimum absolute atomic E-state index is 0.132. The Balaban J connectivity index is 2.34. The van der Waals surface area contributed by atoms with Gasteiger partial charge in [0.05, 0.1) is 24.3 Å². The summed E-state index contributed by atoms with van der Waals surface area (Å²) < 4.78 is 37.6. The molecule has 0 radical (unpaired) electrons. The summed E-state index contributed by atoms with van der Waals surface area (Å²) in [5.41, 5.74) is -1.15. The molecule has 1 aliphatic rings. The highest BCUT2D eigenvalue weighted by Gasteiger charge is 2.46. The molecule has 0 saturated heterocycles. The van der Waals surface area contributed by atoms with Crippen LogP contribution in [0, 0.1) is 0 Å². The van der Waals surface area contributed by atoms with Gasteiger partial charge < -0.3 is 9.47 Å². The molecule has 0 unspecified atom stereocenters. The number of halogens is 1. The lowest BCUT2D eigenvalue weighted by Gasteiger charge is -2.27. The summed E-state index contributed by atoms with van der Waals surface area (Å²) in [5.74, 6) is -1.21. The Kier molecular flexibility index (Phi) is 6.08. The highest BCUT2D eigenvalue weighted by molar-refractivity contribution is 7.89. The van der Waals surface area contributed by atoms with Crippen LogP contribution in [0.4, 0.5) is 0 Å². The number of methoxy groups -OCH3 is 1. The zero-order valence-electron chi connectivity index (χ0n) is 14.0. The molecular weight excluding hydrogens is 370 g/mol. The van der Waals surface area contributed by atoms with Gasteiger partial charge in [0.25, 0.3) is 0 Å². The number of ether oxygens (including phenoxy) is 2. The van der Waals surface area contributed by atoms with E-state index >= 15 is 0 Å². The van der Waals surface area contributed by atoms with E-state index in [0.717, 1.165) is 12.8 Å². The van der Waals surface area contributed by atoms with E-state index < -0.39 is 27.5 Å². The molecule has 138 valence electrons. The molecule has 0 bridgehead atoms. The molecule has 7 nitrogen and oxygen atoms in total. The second kappa shape index (κ2) is 7.72. The van der Waals surface area contributed by atoms with E-state index in [1.54, 1.807) is 6.92 Å². The number of carbonyl (C=O) groups is 2. The van der Waals surface area contributed by atoms with Gasteiger partial charge in [-0.25, -0.2) is 13.2 Å². The minimum Gasteiger partial charge on any atom is -0.465 e. The van der Waals surface area contributed by atoms with Crippen molar-refractivity contribution < 1.29 is 27.5 Å². The lowest BCUT2D eigenvalue weighted by atomic mass is 10.00. The SMILES string of the molecule is CCOC(=O)C1(NS(=O)(=O)c2ccc(C(=O)OC)cc2Cl)CCCC1. The maximum atomic E-state index is 12.8. The molecule has 25 heavy (non-hydrogen) atoms. The van der Waals surface area contributed by atoms with E-state index in [1.807, 2.05) is 0 Å². The van der Waals surface area contributed by atoms with Crippen molar-refractivity contribution in [2.45, 2.75) is 43.0 Å². The van der Waals surface area contributed by atoms with E-state index in [1.165, 1.54) is 25.3 Å². The van der Waals surface area contributed by atoms with Gasteiger partial charge in [-0.05, 0) is 38.0 Å². The van der Waals surface area contributed by atoms with Gasteiger partial charge in [-0.1, -0.05) is 24.4 Å². The van der Waals surface area contributed by atoms with Crippen LogP contribution < -0.4 is 4.72 Å². The van der Waals surface area contributed by atoms with Gasteiger partial charge >= 0.3 is 11.9 Å². The number of rotatable bonds is 6. The van der Waals surface area contributed by atoms with Crippen LogP contribution in [0.25, 0.3) is 0 Å². The van der Waals surface area contributed by atoms with Gasteiger partial charge in [-0.15, -0.1) is 0 Å². The number of carbonyl (C=O) groups excluding carboxylic acids is 2. The molecule has 1 aliphatic carbocycles. The summed E-state index contributed by atoms with van der Waals surface area (Å²) in [5, 5.41) is -0.132. The van der Waals surface area contributed by atoms with Crippen molar-refractivity contribution in [3.05, 3.63) is 28.8 Å². The van der Waals surface area contributed by atoms with E-state index in [0.29, 0.717) is 12.8 Å². The van der Waals surface area contributed by atoms with Crippen LogP contribution in [0.5, 0.6) is 0 Å². The third kappa shape index (κ3) is 4.13. The third-order valence-corrected chi connectivity index (χ3v) is 6.11.